The van der Waals surface area contributed by atoms with Gasteiger partial charge in [0, 0.05) is 37.8 Å². The second-order valence-electron chi connectivity index (χ2n) is 6.73. The van der Waals surface area contributed by atoms with Crippen molar-refractivity contribution in [3.05, 3.63) is 17.4 Å². The Balaban J connectivity index is 1.89. The van der Waals surface area contributed by atoms with E-state index in [-0.39, 0.29) is 16.3 Å². The molecule has 0 saturated carbocycles. The van der Waals surface area contributed by atoms with Crippen molar-refractivity contribution < 1.29 is 22.7 Å². The van der Waals surface area contributed by atoms with Crippen LogP contribution in [-0.4, -0.2) is 61.9 Å². The number of carboxylic acid groups (broad SMARTS) is 1. The normalized spacial score (nSPS) is 29.9. The van der Waals surface area contributed by atoms with Crippen molar-refractivity contribution in [3.8, 4) is 0 Å². The van der Waals surface area contributed by atoms with E-state index in [9.17, 15) is 13.2 Å². The average Bonchev–Trinajstić information content (AvgIpc) is 2.98. The molecule has 0 radical (unpaired) electrons. The molecule has 2 saturated heterocycles. The van der Waals surface area contributed by atoms with Crippen LogP contribution in [0.3, 0.4) is 0 Å². The van der Waals surface area contributed by atoms with Gasteiger partial charge in [-0.3, -0.25) is 0 Å². The zero-order valence-corrected chi connectivity index (χ0v) is 13.7. The third kappa shape index (κ3) is 2.26. The molecule has 8 heteroatoms. The van der Waals surface area contributed by atoms with Crippen molar-refractivity contribution in [2.24, 2.45) is 11.3 Å². The van der Waals surface area contributed by atoms with Gasteiger partial charge in [0.15, 0.2) is 0 Å². The summed E-state index contributed by atoms with van der Waals surface area (Å²) in [7, 11) is -1.75. The van der Waals surface area contributed by atoms with Gasteiger partial charge < -0.3 is 14.4 Å². The Bertz CT molecular complexity index is 726. The highest BCUT2D eigenvalue weighted by Crippen LogP contribution is 2.43. The summed E-state index contributed by atoms with van der Waals surface area (Å²) in [4.78, 5) is 13.2. The first-order valence-electron chi connectivity index (χ1n) is 7.16. The maximum atomic E-state index is 12.7. The van der Waals surface area contributed by atoms with Crippen molar-refractivity contribution >= 4 is 16.0 Å². The van der Waals surface area contributed by atoms with Crippen LogP contribution in [0.1, 0.15) is 23.0 Å². The molecular formula is C14H20N2O5S. The fraction of sp³-hybridized carbons (Fsp3) is 0.643. The number of fused-ring (bicyclic) bond motifs is 1. The zero-order valence-electron chi connectivity index (χ0n) is 12.9. The van der Waals surface area contributed by atoms with E-state index in [0.29, 0.717) is 24.6 Å². The molecule has 0 bridgehead atoms. The minimum atomic E-state index is -3.79. The van der Waals surface area contributed by atoms with E-state index >= 15 is 0 Å². The molecule has 0 unspecified atom stereocenters. The molecule has 2 aliphatic rings. The van der Waals surface area contributed by atoms with Crippen molar-refractivity contribution in [1.29, 1.82) is 0 Å². The van der Waals surface area contributed by atoms with Gasteiger partial charge in [-0.05, 0) is 25.3 Å². The number of hydrogen-bond donors (Lipinski definition) is 1. The fourth-order valence-corrected chi connectivity index (χ4v) is 5.29. The third-order valence-electron chi connectivity index (χ3n) is 4.79. The Hall–Kier alpha value is -1.38. The monoisotopic (exact) mass is 328 g/mol. The molecule has 122 valence electrons. The smallest absolute Gasteiger partial charge is 0.372 e. The Labute approximate surface area is 129 Å². The SMILES string of the molecule is Cc1cc(S(=O)(=O)N2C[C@H]3CN(C)C[C@@]3(C)C2)oc1C(=O)O. The Morgan fingerprint density at radius 1 is 1.41 bits per heavy atom. The molecule has 2 atom stereocenters. The lowest BCUT2D eigenvalue weighted by molar-refractivity contribution is 0.0655. The van der Waals surface area contributed by atoms with Gasteiger partial charge in [-0.25, -0.2) is 13.2 Å². The van der Waals surface area contributed by atoms with Gasteiger partial charge in [-0.15, -0.1) is 0 Å². The van der Waals surface area contributed by atoms with E-state index < -0.39 is 16.0 Å². The van der Waals surface area contributed by atoms with E-state index in [0.717, 1.165) is 13.1 Å². The lowest BCUT2D eigenvalue weighted by Crippen LogP contribution is -2.34. The van der Waals surface area contributed by atoms with Crippen molar-refractivity contribution in [1.82, 2.24) is 9.21 Å². The number of sulfonamides is 1. The first-order valence-corrected chi connectivity index (χ1v) is 8.60. The third-order valence-corrected chi connectivity index (χ3v) is 6.46. The lowest BCUT2D eigenvalue weighted by Gasteiger charge is -2.23. The molecule has 3 rings (SSSR count). The van der Waals surface area contributed by atoms with Crippen LogP contribution in [0.4, 0.5) is 0 Å². The Morgan fingerprint density at radius 2 is 2.09 bits per heavy atom. The summed E-state index contributed by atoms with van der Waals surface area (Å²) in [5.74, 6) is -1.28. The summed E-state index contributed by atoms with van der Waals surface area (Å²) >= 11 is 0. The van der Waals surface area contributed by atoms with E-state index in [2.05, 4.69) is 11.8 Å². The highest BCUT2D eigenvalue weighted by Gasteiger charge is 2.51. The fourth-order valence-electron chi connectivity index (χ4n) is 3.68. The molecule has 7 nitrogen and oxygen atoms in total. The van der Waals surface area contributed by atoms with Crippen LogP contribution in [0.15, 0.2) is 15.6 Å². The highest BCUT2D eigenvalue weighted by atomic mass is 32.2. The van der Waals surface area contributed by atoms with Gasteiger partial charge in [-0.2, -0.15) is 4.31 Å². The quantitative estimate of drug-likeness (QED) is 0.885. The summed E-state index contributed by atoms with van der Waals surface area (Å²) in [6, 6.07) is 1.29. The summed E-state index contributed by atoms with van der Waals surface area (Å²) in [5.41, 5.74) is 0.260. The Kier molecular flexibility index (Phi) is 3.39. The largest absolute Gasteiger partial charge is 0.475 e. The van der Waals surface area contributed by atoms with Crippen molar-refractivity contribution in [2.75, 3.05) is 33.2 Å². The van der Waals surface area contributed by atoms with Crippen molar-refractivity contribution in [2.45, 2.75) is 18.9 Å². The molecule has 0 spiro atoms. The number of rotatable bonds is 3. The minimum absolute atomic E-state index is 0.0565. The standard InChI is InChI=1S/C14H20N2O5S/c1-9-4-11(21-12(9)13(17)18)22(19,20)16-6-10-5-15(3)7-14(10,2)8-16/h4,10H,5-8H2,1-3H3,(H,17,18)/t10-,14+/m1/s1. The number of aromatic carboxylic acids is 1. The number of nitrogens with zero attached hydrogens (tertiary/aromatic N) is 2. The number of aryl methyl sites for hydroxylation is 1. The maximum Gasteiger partial charge on any atom is 0.372 e. The van der Waals surface area contributed by atoms with Gasteiger partial charge in [0.05, 0.1) is 0 Å². The second kappa shape index (κ2) is 4.81. The van der Waals surface area contributed by atoms with Gasteiger partial charge >= 0.3 is 5.97 Å². The average molecular weight is 328 g/mol. The number of likely N-dealkylation sites (tertiary alicyclic amines) is 1. The van der Waals surface area contributed by atoms with Gasteiger partial charge in [0.25, 0.3) is 10.0 Å². The predicted molar refractivity (Wildman–Crippen MR) is 78.3 cm³/mol. The number of furan rings is 1. The first-order chi connectivity index (χ1) is 10.1. The molecular weight excluding hydrogens is 308 g/mol. The van der Waals surface area contributed by atoms with E-state index in [1.807, 2.05) is 7.05 Å². The maximum absolute atomic E-state index is 12.7. The van der Waals surface area contributed by atoms with Gasteiger partial charge in [0.2, 0.25) is 10.9 Å². The summed E-state index contributed by atoms with van der Waals surface area (Å²) in [6.07, 6.45) is 0. The minimum Gasteiger partial charge on any atom is -0.475 e. The van der Waals surface area contributed by atoms with Gasteiger partial charge in [-0.1, -0.05) is 6.92 Å². The molecule has 1 N–H and O–H groups in total. The van der Waals surface area contributed by atoms with Crippen LogP contribution in [0.25, 0.3) is 0 Å². The molecule has 2 fully saturated rings. The lowest BCUT2D eigenvalue weighted by atomic mass is 9.83. The van der Waals surface area contributed by atoms with Crippen molar-refractivity contribution in [3.63, 3.8) is 0 Å². The van der Waals surface area contributed by atoms with Crippen LogP contribution in [-0.2, 0) is 10.0 Å². The molecule has 1 aromatic heterocycles. The van der Waals surface area contributed by atoms with E-state index in [4.69, 9.17) is 9.52 Å². The molecule has 1 aromatic rings. The zero-order chi connectivity index (χ0) is 16.3. The first kappa shape index (κ1) is 15.5. The molecule has 2 aliphatic heterocycles. The predicted octanol–water partition coefficient (Wildman–Crippen LogP) is 0.858. The number of carbonyl (C=O) groups is 1. The Morgan fingerprint density at radius 3 is 2.64 bits per heavy atom. The highest BCUT2D eigenvalue weighted by molar-refractivity contribution is 7.89. The summed E-state index contributed by atoms with van der Waals surface area (Å²) in [6.45, 7) is 6.26. The number of carboxylic acids is 1. The summed E-state index contributed by atoms with van der Waals surface area (Å²) in [5, 5.41) is 8.73. The molecule has 22 heavy (non-hydrogen) atoms. The topological polar surface area (TPSA) is 91.1 Å². The van der Waals surface area contributed by atoms with E-state index in [1.165, 1.54) is 17.3 Å². The summed E-state index contributed by atoms with van der Waals surface area (Å²) < 4.78 is 31.9. The van der Waals surface area contributed by atoms with Crippen LogP contribution < -0.4 is 0 Å². The van der Waals surface area contributed by atoms with Crippen LogP contribution >= 0.6 is 0 Å². The van der Waals surface area contributed by atoms with Crippen LogP contribution in [0, 0.1) is 18.3 Å². The van der Waals surface area contributed by atoms with Gasteiger partial charge in [0.1, 0.15) is 0 Å². The van der Waals surface area contributed by atoms with E-state index in [1.54, 1.807) is 0 Å². The van der Waals surface area contributed by atoms with Crippen LogP contribution in [0.5, 0.6) is 0 Å². The number of hydrogen-bond acceptors (Lipinski definition) is 5. The molecule has 3 heterocycles. The molecule has 0 aliphatic carbocycles. The molecule has 0 aromatic carbocycles. The second-order valence-corrected chi connectivity index (χ2v) is 8.60. The molecule has 0 amide bonds. The van der Waals surface area contributed by atoms with Crippen LogP contribution in [0.2, 0.25) is 0 Å².